The molecule has 0 aliphatic rings. The van der Waals surface area contributed by atoms with E-state index in [2.05, 4.69) is 20.4 Å². The summed E-state index contributed by atoms with van der Waals surface area (Å²) < 4.78 is 27.9. The number of fused-ring (bicyclic) bond motifs is 1. The molecule has 0 atom stereocenters. The average Bonchev–Trinajstić information content (AvgIpc) is 3.27. The third-order valence-corrected chi connectivity index (χ3v) is 4.28. The number of alkyl halides is 2. The number of nitrogens with zero attached hydrogens (tertiary/aromatic N) is 3. The molecule has 0 radical (unpaired) electrons. The molecule has 2 N–H and O–H groups in total. The molecule has 2 aromatic heterocycles. The lowest BCUT2D eigenvalue weighted by molar-refractivity contribution is 0.101. The molecule has 0 saturated carbocycles. The van der Waals surface area contributed by atoms with Crippen molar-refractivity contribution in [3.05, 3.63) is 66.2 Å². The molecule has 0 bridgehead atoms. The van der Waals surface area contributed by atoms with E-state index in [4.69, 9.17) is 0 Å². The lowest BCUT2D eigenvalue weighted by Crippen LogP contribution is -2.17. The summed E-state index contributed by atoms with van der Waals surface area (Å²) in [5.41, 5.74) is 2.31. The molecular weight excluding hydrogens is 352 g/mol. The van der Waals surface area contributed by atoms with Crippen molar-refractivity contribution in [2.75, 3.05) is 5.32 Å². The number of benzene rings is 2. The predicted octanol–water partition coefficient (Wildman–Crippen LogP) is 4.15. The number of aromatic amines is 1. The van der Waals surface area contributed by atoms with Gasteiger partial charge in [0.2, 0.25) is 5.82 Å². The highest BCUT2D eigenvalue weighted by Crippen LogP contribution is 2.33. The van der Waals surface area contributed by atoms with Gasteiger partial charge in [0.05, 0.1) is 0 Å². The standard InChI is InChI=1S/C19H15F2N5O/c1-26-18(22-10-23-26)19(27)24-12-7-6-11-8-16(25-15(11)9-12)13-4-2-3-5-14(13)17(20)21/h2-10,17,25H,1H3,(H,24,27). The van der Waals surface area contributed by atoms with E-state index < -0.39 is 6.43 Å². The van der Waals surface area contributed by atoms with Crippen LogP contribution in [0.1, 0.15) is 22.6 Å². The summed E-state index contributed by atoms with van der Waals surface area (Å²) in [7, 11) is 1.63. The zero-order valence-corrected chi connectivity index (χ0v) is 14.3. The molecule has 4 rings (SSSR count). The van der Waals surface area contributed by atoms with Gasteiger partial charge in [-0.1, -0.05) is 30.3 Å². The summed E-state index contributed by atoms with van der Waals surface area (Å²) in [6.45, 7) is 0. The Hall–Kier alpha value is -3.55. The smallest absolute Gasteiger partial charge is 0.293 e. The number of halogens is 2. The van der Waals surface area contributed by atoms with Crippen LogP contribution in [0.3, 0.4) is 0 Å². The first-order valence-corrected chi connectivity index (χ1v) is 8.18. The first-order chi connectivity index (χ1) is 13.0. The molecule has 0 aliphatic heterocycles. The highest BCUT2D eigenvalue weighted by molar-refractivity contribution is 6.03. The summed E-state index contributed by atoms with van der Waals surface area (Å²) in [5, 5.41) is 7.47. The number of aromatic nitrogens is 4. The Morgan fingerprint density at radius 2 is 2.00 bits per heavy atom. The van der Waals surface area contributed by atoms with E-state index in [1.54, 1.807) is 37.4 Å². The van der Waals surface area contributed by atoms with E-state index in [-0.39, 0.29) is 17.3 Å². The van der Waals surface area contributed by atoms with Crippen LogP contribution in [0.4, 0.5) is 14.5 Å². The third-order valence-electron chi connectivity index (χ3n) is 4.28. The lowest BCUT2D eigenvalue weighted by atomic mass is 10.0. The summed E-state index contributed by atoms with van der Waals surface area (Å²) in [4.78, 5) is 19.3. The van der Waals surface area contributed by atoms with Crippen LogP contribution in [0.5, 0.6) is 0 Å². The van der Waals surface area contributed by atoms with Crippen molar-refractivity contribution in [2.24, 2.45) is 7.05 Å². The topological polar surface area (TPSA) is 75.6 Å². The number of aryl methyl sites for hydroxylation is 1. The Balaban J connectivity index is 1.67. The Bertz CT molecular complexity index is 1130. The Morgan fingerprint density at radius 3 is 2.74 bits per heavy atom. The maximum atomic E-state index is 13.3. The molecule has 27 heavy (non-hydrogen) atoms. The van der Waals surface area contributed by atoms with Crippen LogP contribution in [0, 0.1) is 0 Å². The van der Waals surface area contributed by atoms with Gasteiger partial charge in [-0.05, 0) is 18.2 Å². The van der Waals surface area contributed by atoms with Crippen LogP contribution in [-0.2, 0) is 7.05 Å². The average molecular weight is 367 g/mol. The molecule has 4 aromatic rings. The Labute approximate surface area is 152 Å². The number of hydrogen-bond donors (Lipinski definition) is 2. The highest BCUT2D eigenvalue weighted by atomic mass is 19.3. The minimum absolute atomic E-state index is 0.0279. The number of carbonyl (C=O) groups is 1. The van der Waals surface area contributed by atoms with Gasteiger partial charge in [0.1, 0.15) is 6.33 Å². The minimum atomic E-state index is -2.56. The molecular formula is C19H15F2N5O. The van der Waals surface area contributed by atoms with Crippen LogP contribution in [0.2, 0.25) is 0 Å². The summed E-state index contributed by atoms with van der Waals surface area (Å²) in [6, 6.07) is 13.5. The minimum Gasteiger partial charge on any atom is -0.354 e. The Morgan fingerprint density at radius 1 is 1.19 bits per heavy atom. The third kappa shape index (κ3) is 3.17. The molecule has 0 saturated heterocycles. The fourth-order valence-electron chi connectivity index (χ4n) is 2.97. The van der Waals surface area contributed by atoms with Gasteiger partial charge >= 0.3 is 0 Å². The SMILES string of the molecule is Cn1ncnc1C(=O)Nc1ccc2cc(-c3ccccc3C(F)F)[nH]c2c1. The van der Waals surface area contributed by atoms with Gasteiger partial charge in [-0.25, -0.2) is 18.4 Å². The Kier molecular flexibility index (Phi) is 4.15. The molecule has 1 amide bonds. The monoisotopic (exact) mass is 367 g/mol. The number of carbonyl (C=O) groups excluding carboxylic acids is 1. The van der Waals surface area contributed by atoms with Gasteiger partial charge in [0.15, 0.2) is 0 Å². The van der Waals surface area contributed by atoms with E-state index in [0.29, 0.717) is 16.9 Å². The number of H-pyrrole nitrogens is 1. The van der Waals surface area contributed by atoms with Crippen LogP contribution in [0.15, 0.2) is 54.9 Å². The molecule has 2 aromatic carbocycles. The van der Waals surface area contributed by atoms with Crippen LogP contribution in [-0.4, -0.2) is 25.7 Å². The zero-order valence-electron chi connectivity index (χ0n) is 14.3. The van der Waals surface area contributed by atoms with Crippen LogP contribution in [0.25, 0.3) is 22.2 Å². The normalized spacial score (nSPS) is 11.3. The highest BCUT2D eigenvalue weighted by Gasteiger charge is 2.16. The second kappa shape index (κ2) is 6.64. The molecule has 8 heteroatoms. The van der Waals surface area contributed by atoms with Gasteiger partial charge in [-0.2, -0.15) is 5.10 Å². The fraction of sp³-hybridized carbons (Fsp3) is 0.105. The molecule has 6 nitrogen and oxygen atoms in total. The van der Waals surface area contributed by atoms with E-state index in [1.807, 2.05) is 12.1 Å². The molecule has 0 spiro atoms. The number of hydrogen-bond acceptors (Lipinski definition) is 3. The van der Waals surface area contributed by atoms with Gasteiger partial charge in [-0.3, -0.25) is 4.79 Å². The second-order valence-corrected chi connectivity index (χ2v) is 6.03. The first kappa shape index (κ1) is 16.9. The maximum Gasteiger partial charge on any atom is 0.293 e. The van der Waals surface area contributed by atoms with E-state index in [1.165, 1.54) is 17.1 Å². The number of nitrogens with one attached hydrogen (secondary N) is 2. The largest absolute Gasteiger partial charge is 0.354 e. The maximum absolute atomic E-state index is 13.3. The zero-order chi connectivity index (χ0) is 19.0. The molecule has 0 unspecified atom stereocenters. The van der Waals surface area contributed by atoms with Crippen LogP contribution < -0.4 is 5.32 Å². The molecule has 0 aliphatic carbocycles. The van der Waals surface area contributed by atoms with Gasteiger partial charge in [-0.15, -0.1) is 0 Å². The summed E-state index contributed by atoms with van der Waals surface area (Å²) >= 11 is 0. The van der Waals surface area contributed by atoms with Crippen molar-refractivity contribution >= 4 is 22.5 Å². The first-order valence-electron chi connectivity index (χ1n) is 8.18. The van der Waals surface area contributed by atoms with E-state index in [0.717, 1.165) is 10.9 Å². The van der Waals surface area contributed by atoms with Crippen molar-refractivity contribution in [1.82, 2.24) is 19.7 Å². The fourth-order valence-corrected chi connectivity index (χ4v) is 2.97. The summed E-state index contributed by atoms with van der Waals surface area (Å²) in [6.07, 6.45) is -1.26. The van der Waals surface area contributed by atoms with E-state index >= 15 is 0 Å². The number of amides is 1. The van der Waals surface area contributed by atoms with Crippen molar-refractivity contribution in [3.63, 3.8) is 0 Å². The van der Waals surface area contributed by atoms with Gasteiger partial charge in [0, 0.05) is 40.5 Å². The number of anilines is 1. The molecule has 2 heterocycles. The van der Waals surface area contributed by atoms with Crippen molar-refractivity contribution < 1.29 is 13.6 Å². The second-order valence-electron chi connectivity index (χ2n) is 6.03. The molecule has 0 fully saturated rings. The summed E-state index contributed by atoms with van der Waals surface area (Å²) in [5.74, 6) is -0.197. The van der Waals surface area contributed by atoms with Gasteiger partial charge < -0.3 is 10.3 Å². The van der Waals surface area contributed by atoms with Crippen LogP contribution >= 0.6 is 0 Å². The van der Waals surface area contributed by atoms with Crippen molar-refractivity contribution in [2.45, 2.75) is 6.43 Å². The van der Waals surface area contributed by atoms with Crippen molar-refractivity contribution in [3.8, 4) is 11.3 Å². The van der Waals surface area contributed by atoms with E-state index in [9.17, 15) is 13.6 Å². The number of rotatable bonds is 4. The van der Waals surface area contributed by atoms with Gasteiger partial charge in [0.25, 0.3) is 12.3 Å². The van der Waals surface area contributed by atoms with Crippen molar-refractivity contribution in [1.29, 1.82) is 0 Å². The quantitative estimate of drug-likeness (QED) is 0.569. The lowest BCUT2D eigenvalue weighted by Gasteiger charge is -2.06. The predicted molar refractivity (Wildman–Crippen MR) is 97.6 cm³/mol. The molecule has 136 valence electrons.